The van der Waals surface area contributed by atoms with E-state index in [4.69, 9.17) is 4.74 Å². The first-order valence-corrected chi connectivity index (χ1v) is 9.78. The van der Waals surface area contributed by atoms with E-state index < -0.39 is 0 Å². The second-order valence-corrected chi connectivity index (χ2v) is 7.06. The molecule has 0 N–H and O–H groups in total. The van der Waals surface area contributed by atoms with Crippen LogP contribution in [0.4, 0.5) is 4.39 Å². The maximum Gasteiger partial charge on any atom is 0.257 e. The first-order chi connectivity index (χ1) is 13.7. The molecule has 3 aromatic rings. The highest BCUT2D eigenvalue weighted by Gasteiger charge is 2.23. The molecule has 6 heteroatoms. The van der Waals surface area contributed by atoms with Gasteiger partial charge in [0.05, 0.1) is 24.3 Å². The zero-order valence-electron chi connectivity index (χ0n) is 15.8. The molecule has 5 nitrogen and oxygen atoms in total. The van der Waals surface area contributed by atoms with Crippen molar-refractivity contribution >= 4 is 16.9 Å². The number of unbranched alkanes of at least 4 members (excludes halogenated alkanes) is 1. The van der Waals surface area contributed by atoms with Gasteiger partial charge in [-0.1, -0.05) is 18.2 Å². The summed E-state index contributed by atoms with van der Waals surface area (Å²) in [4.78, 5) is 19.2. The Hall–Kier alpha value is -2.73. The number of nitrogens with zero attached hydrogens (tertiary/aromatic N) is 3. The molecule has 3 heterocycles. The molecule has 1 aliphatic rings. The Morgan fingerprint density at radius 1 is 1.11 bits per heavy atom. The summed E-state index contributed by atoms with van der Waals surface area (Å²) in [5, 5.41) is 0. The predicted molar refractivity (Wildman–Crippen MR) is 106 cm³/mol. The van der Waals surface area contributed by atoms with Crippen molar-refractivity contribution in [3.63, 3.8) is 0 Å². The van der Waals surface area contributed by atoms with Crippen molar-refractivity contribution in [1.82, 2.24) is 14.5 Å². The third-order valence-electron chi connectivity index (χ3n) is 5.22. The molecular weight excluding hydrogens is 357 g/mol. The summed E-state index contributed by atoms with van der Waals surface area (Å²) in [6, 6.07) is 10.8. The highest BCUT2D eigenvalue weighted by atomic mass is 19.1. The molecule has 4 rings (SSSR count). The number of hydrogen-bond acceptors (Lipinski definition) is 3. The average molecular weight is 381 g/mol. The van der Waals surface area contributed by atoms with Crippen LogP contribution in [-0.2, 0) is 17.7 Å². The fourth-order valence-corrected chi connectivity index (χ4v) is 3.70. The van der Waals surface area contributed by atoms with E-state index in [0.717, 1.165) is 36.0 Å². The first kappa shape index (κ1) is 18.6. The molecule has 0 saturated carbocycles. The molecule has 0 aliphatic carbocycles. The Morgan fingerprint density at radius 3 is 2.75 bits per heavy atom. The number of aromatic nitrogens is 2. The lowest BCUT2D eigenvalue weighted by molar-refractivity contribution is 0.0304. The van der Waals surface area contributed by atoms with Gasteiger partial charge in [-0.15, -0.1) is 0 Å². The minimum absolute atomic E-state index is 0.0112. The van der Waals surface area contributed by atoms with Gasteiger partial charge in [-0.05, 0) is 43.0 Å². The molecule has 28 heavy (non-hydrogen) atoms. The van der Waals surface area contributed by atoms with Gasteiger partial charge in [0.1, 0.15) is 11.3 Å². The summed E-state index contributed by atoms with van der Waals surface area (Å²) < 4.78 is 21.2. The third kappa shape index (κ3) is 3.92. The van der Waals surface area contributed by atoms with E-state index in [0.29, 0.717) is 38.3 Å². The number of aryl methyl sites for hydroxylation is 2. The Bertz CT molecular complexity index is 963. The van der Waals surface area contributed by atoms with Crippen molar-refractivity contribution in [1.29, 1.82) is 0 Å². The topological polar surface area (TPSA) is 47.4 Å². The summed E-state index contributed by atoms with van der Waals surface area (Å²) in [5.41, 5.74) is 3.11. The number of carbonyl (C=O) groups excluding carboxylic acids is 1. The van der Waals surface area contributed by atoms with Gasteiger partial charge >= 0.3 is 0 Å². The second-order valence-electron chi connectivity index (χ2n) is 7.06. The second kappa shape index (κ2) is 8.52. The Labute approximate surface area is 163 Å². The van der Waals surface area contributed by atoms with Gasteiger partial charge in [0, 0.05) is 32.0 Å². The lowest BCUT2D eigenvalue weighted by Gasteiger charge is -2.26. The SMILES string of the molecule is O=C(c1cn(CCCCc2ccccc2F)c2cccnc12)N1CCOCC1. The van der Waals surface area contributed by atoms with Crippen molar-refractivity contribution in [3.8, 4) is 0 Å². The number of pyridine rings is 1. The average Bonchev–Trinajstić information content (AvgIpc) is 3.11. The van der Waals surface area contributed by atoms with Gasteiger partial charge in [0.25, 0.3) is 5.91 Å². The lowest BCUT2D eigenvalue weighted by Crippen LogP contribution is -2.40. The quantitative estimate of drug-likeness (QED) is 0.612. The van der Waals surface area contributed by atoms with E-state index in [9.17, 15) is 9.18 Å². The molecule has 1 saturated heterocycles. The number of carbonyl (C=O) groups is 1. The number of morpholine rings is 1. The van der Waals surface area contributed by atoms with Crippen molar-refractivity contribution in [3.05, 3.63) is 65.7 Å². The van der Waals surface area contributed by atoms with Crippen LogP contribution in [0.2, 0.25) is 0 Å². The van der Waals surface area contributed by atoms with Crippen LogP contribution in [0.5, 0.6) is 0 Å². The normalized spacial score (nSPS) is 14.5. The van der Waals surface area contributed by atoms with E-state index in [1.807, 2.05) is 35.4 Å². The van der Waals surface area contributed by atoms with E-state index in [-0.39, 0.29) is 11.7 Å². The molecule has 0 radical (unpaired) electrons. The first-order valence-electron chi connectivity index (χ1n) is 9.78. The van der Waals surface area contributed by atoms with Gasteiger partial charge < -0.3 is 14.2 Å². The number of benzene rings is 1. The number of rotatable bonds is 6. The van der Waals surface area contributed by atoms with Gasteiger partial charge in [0.2, 0.25) is 0 Å². The summed E-state index contributed by atoms with van der Waals surface area (Å²) in [6.45, 7) is 3.15. The number of halogens is 1. The highest BCUT2D eigenvalue weighted by Crippen LogP contribution is 2.22. The molecule has 1 aliphatic heterocycles. The molecule has 146 valence electrons. The minimum Gasteiger partial charge on any atom is -0.378 e. The molecule has 2 aromatic heterocycles. The van der Waals surface area contributed by atoms with E-state index in [2.05, 4.69) is 9.55 Å². The fraction of sp³-hybridized carbons (Fsp3) is 0.364. The van der Waals surface area contributed by atoms with Crippen molar-refractivity contribution < 1.29 is 13.9 Å². The zero-order chi connectivity index (χ0) is 19.3. The molecular formula is C22H24FN3O2. The van der Waals surface area contributed by atoms with Gasteiger partial charge in [0.15, 0.2) is 0 Å². The maximum absolute atomic E-state index is 13.8. The zero-order valence-corrected chi connectivity index (χ0v) is 15.8. The number of hydrogen-bond donors (Lipinski definition) is 0. The molecule has 0 spiro atoms. The molecule has 0 atom stereocenters. The summed E-state index contributed by atoms with van der Waals surface area (Å²) >= 11 is 0. The summed E-state index contributed by atoms with van der Waals surface area (Å²) in [6.07, 6.45) is 6.13. The largest absolute Gasteiger partial charge is 0.378 e. The smallest absolute Gasteiger partial charge is 0.257 e. The van der Waals surface area contributed by atoms with Crippen molar-refractivity contribution in [2.75, 3.05) is 26.3 Å². The molecule has 1 aromatic carbocycles. The predicted octanol–water partition coefficient (Wildman–Crippen LogP) is 3.67. The highest BCUT2D eigenvalue weighted by molar-refractivity contribution is 6.05. The van der Waals surface area contributed by atoms with Gasteiger partial charge in [-0.3, -0.25) is 9.78 Å². The van der Waals surface area contributed by atoms with Gasteiger partial charge in [-0.25, -0.2) is 4.39 Å². The van der Waals surface area contributed by atoms with E-state index in [1.165, 1.54) is 6.07 Å². The van der Waals surface area contributed by atoms with E-state index >= 15 is 0 Å². The van der Waals surface area contributed by atoms with Crippen LogP contribution in [0.15, 0.2) is 48.8 Å². The summed E-state index contributed by atoms with van der Waals surface area (Å²) in [7, 11) is 0. The van der Waals surface area contributed by atoms with Crippen LogP contribution in [0.25, 0.3) is 11.0 Å². The molecule has 0 bridgehead atoms. The van der Waals surface area contributed by atoms with Crippen LogP contribution in [0.3, 0.4) is 0 Å². The minimum atomic E-state index is -0.142. The van der Waals surface area contributed by atoms with Crippen LogP contribution in [0.1, 0.15) is 28.8 Å². The number of fused-ring (bicyclic) bond motifs is 1. The van der Waals surface area contributed by atoms with Gasteiger partial charge in [-0.2, -0.15) is 0 Å². The standard InChI is InChI=1S/C22H24FN3O2/c23-19-8-2-1-6-17(19)7-3-4-11-26-16-18(21-20(26)9-5-10-24-21)22(27)25-12-14-28-15-13-25/h1-2,5-6,8-10,16H,3-4,7,11-15H2. The van der Waals surface area contributed by atoms with Crippen molar-refractivity contribution in [2.24, 2.45) is 0 Å². The Balaban J connectivity index is 1.47. The Morgan fingerprint density at radius 2 is 1.93 bits per heavy atom. The molecule has 1 amide bonds. The van der Waals surface area contributed by atoms with Crippen LogP contribution >= 0.6 is 0 Å². The third-order valence-corrected chi connectivity index (χ3v) is 5.22. The lowest BCUT2D eigenvalue weighted by atomic mass is 10.1. The monoisotopic (exact) mass is 381 g/mol. The summed E-state index contributed by atoms with van der Waals surface area (Å²) in [5.74, 6) is -0.131. The molecule has 0 unspecified atom stereocenters. The van der Waals surface area contributed by atoms with Crippen LogP contribution < -0.4 is 0 Å². The Kier molecular flexibility index (Phi) is 5.67. The van der Waals surface area contributed by atoms with E-state index in [1.54, 1.807) is 12.3 Å². The van der Waals surface area contributed by atoms with Crippen LogP contribution in [0, 0.1) is 5.82 Å². The fourth-order valence-electron chi connectivity index (χ4n) is 3.70. The molecule has 1 fully saturated rings. The number of ether oxygens (including phenoxy) is 1. The maximum atomic E-state index is 13.8. The number of amides is 1. The van der Waals surface area contributed by atoms with Crippen molar-refractivity contribution in [2.45, 2.75) is 25.8 Å². The van der Waals surface area contributed by atoms with Crippen LogP contribution in [-0.4, -0.2) is 46.7 Å².